The van der Waals surface area contributed by atoms with Crippen LogP contribution in [0.4, 0.5) is 0 Å². The molecular formula is C14H18Cl2N2O2. The van der Waals surface area contributed by atoms with E-state index in [0.717, 1.165) is 31.5 Å². The zero-order chi connectivity index (χ0) is 14.8. The molecule has 0 radical (unpaired) electrons. The smallest absolute Gasteiger partial charge is 0.250 e. The molecule has 1 fully saturated rings. The minimum absolute atomic E-state index is 0.288. The molecular weight excluding hydrogens is 299 g/mol. The average molecular weight is 317 g/mol. The first-order chi connectivity index (χ1) is 9.39. The number of carbonyl (C=O) groups is 1. The third-order valence-corrected chi connectivity index (χ3v) is 4.08. The van der Waals surface area contributed by atoms with Gasteiger partial charge in [0.25, 0.3) is 5.91 Å². The summed E-state index contributed by atoms with van der Waals surface area (Å²) in [6, 6.07) is 5.44. The highest BCUT2D eigenvalue weighted by atomic mass is 35.5. The van der Waals surface area contributed by atoms with E-state index in [9.17, 15) is 9.90 Å². The van der Waals surface area contributed by atoms with Crippen molar-refractivity contribution in [3.8, 4) is 0 Å². The van der Waals surface area contributed by atoms with Gasteiger partial charge in [0, 0.05) is 23.1 Å². The number of hydrogen-bond donors (Lipinski definition) is 2. The largest absolute Gasteiger partial charge is 0.379 e. The average Bonchev–Trinajstić information content (AvgIpc) is 2.35. The van der Waals surface area contributed by atoms with E-state index in [1.54, 1.807) is 6.07 Å². The molecule has 1 aromatic carbocycles. The van der Waals surface area contributed by atoms with Gasteiger partial charge in [-0.3, -0.25) is 9.69 Å². The minimum atomic E-state index is -1.40. The number of aliphatic hydroxyl groups is 1. The molecule has 1 aliphatic rings. The summed E-state index contributed by atoms with van der Waals surface area (Å²) in [5, 5.41) is 11.4. The summed E-state index contributed by atoms with van der Waals surface area (Å²) < 4.78 is 0. The Bertz CT molecular complexity index is 490. The molecule has 2 rings (SSSR count). The van der Waals surface area contributed by atoms with Crippen LogP contribution in [0.5, 0.6) is 0 Å². The molecule has 0 spiro atoms. The Balaban J connectivity index is 1.95. The molecule has 0 aliphatic carbocycles. The van der Waals surface area contributed by atoms with Crippen molar-refractivity contribution in [2.45, 2.75) is 24.9 Å². The molecule has 1 atom stereocenters. The molecule has 0 saturated carbocycles. The van der Waals surface area contributed by atoms with Crippen LogP contribution in [0.2, 0.25) is 10.0 Å². The summed E-state index contributed by atoms with van der Waals surface area (Å²) in [5.41, 5.74) is 4.90. The summed E-state index contributed by atoms with van der Waals surface area (Å²) in [7, 11) is 0. The van der Waals surface area contributed by atoms with Gasteiger partial charge < -0.3 is 10.8 Å². The van der Waals surface area contributed by atoms with Crippen LogP contribution in [0, 0.1) is 0 Å². The van der Waals surface area contributed by atoms with Crippen LogP contribution >= 0.6 is 23.2 Å². The number of hydrogen-bond acceptors (Lipinski definition) is 3. The number of likely N-dealkylation sites (tertiary alicyclic amines) is 1. The van der Waals surface area contributed by atoms with Gasteiger partial charge in [0.05, 0.1) is 0 Å². The van der Waals surface area contributed by atoms with E-state index in [-0.39, 0.29) is 6.54 Å². The van der Waals surface area contributed by atoms with E-state index in [2.05, 4.69) is 0 Å². The lowest BCUT2D eigenvalue weighted by atomic mass is 9.92. The molecule has 0 unspecified atom stereocenters. The Hall–Kier alpha value is -0.810. The Morgan fingerprint density at radius 3 is 2.60 bits per heavy atom. The second-order valence-corrected chi connectivity index (χ2v) is 6.18. The third-order valence-electron chi connectivity index (χ3n) is 3.65. The van der Waals surface area contributed by atoms with Crippen molar-refractivity contribution < 1.29 is 9.90 Å². The van der Waals surface area contributed by atoms with Crippen molar-refractivity contribution in [3.05, 3.63) is 33.8 Å². The second-order valence-electron chi connectivity index (χ2n) is 5.30. The fraction of sp³-hybridized carbons (Fsp3) is 0.500. The predicted molar refractivity (Wildman–Crippen MR) is 80.0 cm³/mol. The fourth-order valence-electron chi connectivity index (χ4n) is 2.56. The molecule has 1 aromatic rings. The van der Waals surface area contributed by atoms with E-state index in [4.69, 9.17) is 28.9 Å². The van der Waals surface area contributed by atoms with Crippen molar-refractivity contribution in [2.24, 2.45) is 5.73 Å². The lowest BCUT2D eigenvalue weighted by Crippen LogP contribution is -2.56. The van der Waals surface area contributed by atoms with Gasteiger partial charge in [-0.2, -0.15) is 0 Å². The molecule has 0 aromatic heterocycles. The van der Waals surface area contributed by atoms with E-state index < -0.39 is 11.5 Å². The van der Waals surface area contributed by atoms with Gasteiger partial charge >= 0.3 is 0 Å². The number of halogens is 2. The first-order valence-corrected chi connectivity index (χ1v) is 7.34. The molecule has 20 heavy (non-hydrogen) atoms. The van der Waals surface area contributed by atoms with Crippen LogP contribution in [-0.4, -0.2) is 41.1 Å². The van der Waals surface area contributed by atoms with Crippen molar-refractivity contribution in [1.29, 1.82) is 0 Å². The monoisotopic (exact) mass is 316 g/mol. The topological polar surface area (TPSA) is 66.6 Å². The first kappa shape index (κ1) is 15.6. The maximum atomic E-state index is 11.3. The maximum absolute atomic E-state index is 11.3. The molecule has 4 nitrogen and oxygen atoms in total. The SMILES string of the molecule is NC(=O)[C@]1(O)CCCN(CCc2cc(Cl)cc(Cl)c2)C1. The Labute approximate surface area is 128 Å². The van der Waals surface area contributed by atoms with Gasteiger partial charge in [-0.15, -0.1) is 0 Å². The molecule has 6 heteroatoms. The molecule has 3 N–H and O–H groups in total. The van der Waals surface area contributed by atoms with Gasteiger partial charge in [0.15, 0.2) is 5.60 Å². The van der Waals surface area contributed by atoms with Gasteiger partial charge in [0.2, 0.25) is 0 Å². The molecule has 1 aliphatic heterocycles. The standard InChI is InChI=1S/C14H18Cl2N2O2/c15-11-6-10(7-12(16)8-11)2-5-18-4-1-3-14(20,9-18)13(17)19/h6-8,20H,1-5,9H2,(H2,17,19)/t14-/m0/s1. The van der Waals surface area contributed by atoms with Gasteiger partial charge in [-0.25, -0.2) is 0 Å². The number of carbonyl (C=O) groups excluding carboxylic acids is 1. The molecule has 1 heterocycles. The maximum Gasteiger partial charge on any atom is 0.250 e. The van der Waals surface area contributed by atoms with Crippen molar-refractivity contribution in [2.75, 3.05) is 19.6 Å². The third kappa shape index (κ3) is 3.85. The molecule has 1 amide bonds. The van der Waals surface area contributed by atoms with E-state index >= 15 is 0 Å². The molecule has 110 valence electrons. The van der Waals surface area contributed by atoms with Gasteiger partial charge in [0.1, 0.15) is 0 Å². The van der Waals surface area contributed by atoms with E-state index in [1.165, 1.54) is 0 Å². The van der Waals surface area contributed by atoms with E-state index in [0.29, 0.717) is 16.5 Å². The highest BCUT2D eigenvalue weighted by molar-refractivity contribution is 6.34. The van der Waals surface area contributed by atoms with Crippen LogP contribution in [-0.2, 0) is 11.2 Å². The van der Waals surface area contributed by atoms with E-state index in [1.807, 2.05) is 17.0 Å². The minimum Gasteiger partial charge on any atom is -0.379 e. The van der Waals surface area contributed by atoms with Crippen LogP contribution in [0.3, 0.4) is 0 Å². The summed E-state index contributed by atoms with van der Waals surface area (Å²) in [4.78, 5) is 13.3. The van der Waals surface area contributed by atoms with Crippen LogP contribution in [0.1, 0.15) is 18.4 Å². The number of primary amides is 1. The number of nitrogens with two attached hydrogens (primary N) is 1. The Morgan fingerprint density at radius 1 is 1.35 bits per heavy atom. The van der Waals surface area contributed by atoms with Crippen molar-refractivity contribution in [3.63, 3.8) is 0 Å². The summed E-state index contributed by atoms with van der Waals surface area (Å²) in [6.07, 6.45) is 1.95. The van der Waals surface area contributed by atoms with Gasteiger partial charge in [-0.05, 0) is 49.6 Å². The van der Waals surface area contributed by atoms with Crippen LogP contribution < -0.4 is 5.73 Å². The lowest BCUT2D eigenvalue weighted by Gasteiger charge is -2.37. The van der Waals surface area contributed by atoms with Crippen LogP contribution in [0.15, 0.2) is 18.2 Å². The van der Waals surface area contributed by atoms with Crippen LogP contribution in [0.25, 0.3) is 0 Å². The summed E-state index contributed by atoms with van der Waals surface area (Å²) in [6.45, 7) is 1.87. The predicted octanol–water partition coefficient (Wildman–Crippen LogP) is 1.85. The number of rotatable bonds is 4. The highest BCUT2D eigenvalue weighted by Crippen LogP contribution is 2.22. The number of nitrogens with zero attached hydrogens (tertiary/aromatic N) is 1. The lowest BCUT2D eigenvalue weighted by molar-refractivity contribution is -0.142. The summed E-state index contributed by atoms with van der Waals surface area (Å²) >= 11 is 11.9. The van der Waals surface area contributed by atoms with Gasteiger partial charge in [-0.1, -0.05) is 23.2 Å². The molecule has 0 bridgehead atoms. The van der Waals surface area contributed by atoms with Crippen molar-refractivity contribution in [1.82, 2.24) is 4.90 Å². The first-order valence-electron chi connectivity index (χ1n) is 6.59. The zero-order valence-electron chi connectivity index (χ0n) is 11.1. The van der Waals surface area contributed by atoms with Crippen molar-refractivity contribution >= 4 is 29.1 Å². The Morgan fingerprint density at radius 2 is 2.00 bits per heavy atom. The summed E-state index contributed by atoms with van der Waals surface area (Å²) in [5.74, 6) is -0.645. The normalized spacial score (nSPS) is 23.8. The quantitative estimate of drug-likeness (QED) is 0.890. The second kappa shape index (κ2) is 6.31. The number of benzene rings is 1. The number of piperidine rings is 1. The zero-order valence-corrected chi connectivity index (χ0v) is 12.6. The Kier molecular flexibility index (Phi) is 4.91. The number of amides is 1. The number of β-amino-alcohol motifs (C(OH)–C–C–N with tert-alkyl or cyclic N) is 1. The fourth-order valence-corrected chi connectivity index (χ4v) is 3.13. The molecule has 1 saturated heterocycles. The highest BCUT2D eigenvalue weighted by Gasteiger charge is 2.38.